The second-order valence-electron chi connectivity index (χ2n) is 8.77. The highest BCUT2D eigenvalue weighted by molar-refractivity contribution is 5.98. The number of benzene rings is 3. The number of anilines is 1. The van der Waals surface area contributed by atoms with Crippen LogP contribution in [0.5, 0.6) is 5.75 Å². The smallest absolute Gasteiger partial charge is 0.166 e. The lowest BCUT2D eigenvalue weighted by Crippen LogP contribution is -2.49. The molecule has 1 saturated heterocycles. The van der Waals surface area contributed by atoms with Gasteiger partial charge in [-0.3, -0.25) is 9.69 Å². The lowest BCUT2D eigenvalue weighted by Gasteiger charge is -2.36. The van der Waals surface area contributed by atoms with E-state index in [1.165, 1.54) is 24.3 Å². The molecule has 0 aromatic heterocycles. The van der Waals surface area contributed by atoms with Crippen LogP contribution in [0.25, 0.3) is 0 Å². The number of piperazine rings is 1. The van der Waals surface area contributed by atoms with Crippen LogP contribution < -0.4 is 9.64 Å². The Morgan fingerprint density at radius 1 is 0.889 bits per heavy atom. The number of rotatable bonds is 10. The van der Waals surface area contributed by atoms with Gasteiger partial charge in [0.1, 0.15) is 30.1 Å². The first kappa shape index (κ1) is 27.6. The summed E-state index contributed by atoms with van der Waals surface area (Å²) in [6, 6.07) is 19.7. The van der Waals surface area contributed by atoms with E-state index in [2.05, 4.69) is 9.80 Å². The van der Waals surface area contributed by atoms with Gasteiger partial charge in [-0.1, -0.05) is 24.3 Å². The molecule has 36 heavy (non-hydrogen) atoms. The van der Waals surface area contributed by atoms with Crippen molar-refractivity contribution in [1.82, 2.24) is 4.90 Å². The number of hydrogen-bond donors (Lipinski definition) is 1. The highest BCUT2D eigenvalue weighted by atomic mass is 35.5. The van der Waals surface area contributed by atoms with Gasteiger partial charge in [0, 0.05) is 44.8 Å². The predicted molar refractivity (Wildman–Crippen MR) is 139 cm³/mol. The molecule has 8 heteroatoms. The Bertz CT molecular complexity index is 1100. The normalized spacial score (nSPS) is 14.7. The quantitative estimate of drug-likeness (QED) is 0.394. The number of hydrogen-bond acceptors (Lipinski definition) is 5. The van der Waals surface area contributed by atoms with Crippen molar-refractivity contribution in [3.8, 4) is 5.75 Å². The number of aliphatic hydroxyl groups is 1. The maximum Gasteiger partial charge on any atom is 0.166 e. The second-order valence-corrected chi connectivity index (χ2v) is 8.77. The lowest BCUT2D eigenvalue weighted by atomic mass is 10.0. The van der Waals surface area contributed by atoms with Crippen molar-refractivity contribution < 1.29 is 23.4 Å². The minimum absolute atomic E-state index is 0. The minimum Gasteiger partial charge on any atom is -0.490 e. The zero-order valence-electron chi connectivity index (χ0n) is 20.0. The fourth-order valence-electron chi connectivity index (χ4n) is 4.24. The molecular formula is C28H31ClF2N2O3. The van der Waals surface area contributed by atoms with Crippen LogP contribution in [0, 0.1) is 11.6 Å². The van der Waals surface area contributed by atoms with Crippen LogP contribution in [0.3, 0.4) is 0 Å². The third-order valence-electron chi connectivity index (χ3n) is 6.21. The van der Waals surface area contributed by atoms with Crippen molar-refractivity contribution in [2.24, 2.45) is 0 Å². The Hall–Kier alpha value is -3.00. The third kappa shape index (κ3) is 7.75. The molecule has 3 aromatic rings. The minimum atomic E-state index is -0.699. The topological polar surface area (TPSA) is 53.0 Å². The van der Waals surface area contributed by atoms with Crippen LogP contribution in [0.1, 0.15) is 22.3 Å². The SMILES string of the molecule is Cl.O=C(CCc1ccc(F)cc1)c1ccccc1OCC(O)CN1CCN(c2ccc(F)cc2)CC1. The van der Waals surface area contributed by atoms with E-state index < -0.39 is 6.10 Å². The van der Waals surface area contributed by atoms with Gasteiger partial charge in [0.05, 0.1) is 5.56 Å². The number of Topliss-reactive ketones (excluding diaryl/α,β-unsaturated/α-hetero) is 1. The van der Waals surface area contributed by atoms with Gasteiger partial charge in [-0.25, -0.2) is 8.78 Å². The Morgan fingerprint density at radius 2 is 1.50 bits per heavy atom. The van der Waals surface area contributed by atoms with Crippen LogP contribution >= 0.6 is 12.4 Å². The summed E-state index contributed by atoms with van der Waals surface area (Å²) in [5, 5.41) is 10.5. The van der Waals surface area contributed by atoms with E-state index in [1.54, 1.807) is 48.5 Å². The van der Waals surface area contributed by atoms with Gasteiger partial charge in [0.25, 0.3) is 0 Å². The molecule has 3 aromatic carbocycles. The Labute approximate surface area is 216 Å². The number of para-hydroxylation sites is 1. The molecule has 0 spiro atoms. The molecule has 0 bridgehead atoms. The third-order valence-corrected chi connectivity index (χ3v) is 6.21. The maximum absolute atomic E-state index is 13.1. The molecule has 1 unspecified atom stereocenters. The van der Waals surface area contributed by atoms with E-state index in [1.807, 2.05) is 0 Å². The number of carbonyl (C=O) groups is 1. The van der Waals surface area contributed by atoms with E-state index in [0.29, 0.717) is 24.3 Å². The molecule has 192 valence electrons. The van der Waals surface area contributed by atoms with Gasteiger partial charge in [-0.15, -0.1) is 12.4 Å². The molecule has 1 atom stereocenters. The van der Waals surface area contributed by atoms with Gasteiger partial charge in [-0.2, -0.15) is 0 Å². The number of ether oxygens (including phenoxy) is 1. The summed E-state index contributed by atoms with van der Waals surface area (Å²) in [5.74, 6) is -0.146. The van der Waals surface area contributed by atoms with Crippen LogP contribution in [-0.2, 0) is 6.42 Å². The van der Waals surface area contributed by atoms with Gasteiger partial charge >= 0.3 is 0 Å². The molecule has 1 N–H and O–H groups in total. The largest absolute Gasteiger partial charge is 0.490 e. The van der Waals surface area contributed by atoms with Crippen molar-refractivity contribution in [2.45, 2.75) is 18.9 Å². The van der Waals surface area contributed by atoms with Crippen LogP contribution in [0.4, 0.5) is 14.5 Å². The highest BCUT2D eigenvalue weighted by Crippen LogP contribution is 2.21. The molecular weight excluding hydrogens is 486 g/mol. The Morgan fingerprint density at radius 3 is 2.17 bits per heavy atom. The monoisotopic (exact) mass is 516 g/mol. The lowest BCUT2D eigenvalue weighted by molar-refractivity contribution is 0.0655. The molecule has 1 aliphatic rings. The summed E-state index contributed by atoms with van der Waals surface area (Å²) in [6.07, 6.45) is 0.0992. The summed E-state index contributed by atoms with van der Waals surface area (Å²) >= 11 is 0. The molecule has 5 nitrogen and oxygen atoms in total. The van der Waals surface area contributed by atoms with Crippen molar-refractivity contribution in [1.29, 1.82) is 0 Å². The zero-order chi connectivity index (χ0) is 24.6. The molecule has 0 aliphatic carbocycles. The maximum atomic E-state index is 13.1. The molecule has 1 aliphatic heterocycles. The predicted octanol–water partition coefficient (Wildman–Crippen LogP) is 4.76. The van der Waals surface area contributed by atoms with E-state index in [0.717, 1.165) is 37.4 Å². The van der Waals surface area contributed by atoms with Crippen LogP contribution in [0.2, 0.25) is 0 Å². The van der Waals surface area contributed by atoms with Crippen LogP contribution in [-0.4, -0.2) is 61.2 Å². The summed E-state index contributed by atoms with van der Waals surface area (Å²) in [6.45, 7) is 3.72. The molecule has 0 amide bonds. The van der Waals surface area contributed by atoms with Gasteiger partial charge < -0.3 is 14.7 Å². The number of carbonyl (C=O) groups excluding carboxylic acids is 1. The Balaban J connectivity index is 0.00000361. The number of ketones is 1. The van der Waals surface area contributed by atoms with Crippen molar-refractivity contribution >= 4 is 23.9 Å². The van der Waals surface area contributed by atoms with Crippen molar-refractivity contribution in [3.05, 3.63) is 95.6 Å². The fourth-order valence-corrected chi connectivity index (χ4v) is 4.24. The number of halogens is 3. The average Bonchev–Trinajstić information content (AvgIpc) is 2.88. The zero-order valence-corrected chi connectivity index (χ0v) is 20.8. The highest BCUT2D eigenvalue weighted by Gasteiger charge is 2.20. The van der Waals surface area contributed by atoms with E-state index in [4.69, 9.17) is 4.74 Å². The molecule has 0 radical (unpaired) electrons. The standard InChI is InChI=1S/C28H30F2N2O3.ClH/c29-22-8-5-21(6-9-22)7-14-27(34)26-3-1-2-4-28(26)35-20-25(33)19-31-15-17-32(18-16-31)24-12-10-23(30)11-13-24;/h1-6,8-13,25,33H,7,14-20H2;1H. The molecule has 4 rings (SSSR count). The number of aliphatic hydroxyl groups excluding tert-OH is 1. The number of nitrogens with zero attached hydrogens (tertiary/aromatic N) is 2. The second kappa shape index (κ2) is 13.3. The average molecular weight is 517 g/mol. The fraction of sp³-hybridized carbons (Fsp3) is 0.321. The molecule has 0 saturated carbocycles. The van der Waals surface area contributed by atoms with Crippen molar-refractivity contribution in [2.75, 3.05) is 44.2 Å². The van der Waals surface area contributed by atoms with Gasteiger partial charge in [-0.05, 0) is 60.5 Å². The number of aryl methyl sites for hydroxylation is 1. The number of β-amino-alcohol motifs (C(OH)–C–C–N with tert-alkyl or cyclic N) is 1. The van der Waals surface area contributed by atoms with Crippen molar-refractivity contribution in [3.63, 3.8) is 0 Å². The first-order chi connectivity index (χ1) is 17.0. The molecule has 1 fully saturated rings. The summed E-state index contributed by atoms with van der Waals surface area (Å²) < 4.78 is 32.1. The van der Waals surface area contributed by atoms with E-state index in [9.17, 15) is 18.7 Å². The van der Waals surface area contributed by atoms with E-state index in [-0.39, 0.29) is 42.9 Å². The summed E-state index contributed by atoms with van der Waals surface area (Å²) in [7, 11) is 0. The first-order valence-electron chi connectivity index (χ1n) is 11.9. The Kier molecular flexibility index (Phi) is 10.2. The summed E-state index contributed by atoms with van der Waals surface area (Å²) in [5.41, 5.74) is 2.37. The molecule has 1 heterocycles. The van der Waals surface area contributed by atoms with E-state index >= 15 is 0 Å². The summed E-state index contributed by atoms with van der Waals surface area (Å²) in [4.78, 5) is 17.2. The van der Waals surface area contributed by atoms with Gasteiger partial charge in [0.2, 0.25) is 0 Å². The first-order valence-corrected chi connectivity index (χ1v) is 11.9. The van der Waals surface area contributed by atoms with Gasteiger partial charge in [0.15, 0.2) is 5.78 Å². The van der Waals surface area contributed by atoms with Crippen LogP contribution in [0.15, 0.2) is 72.8 Å².